The maximum absolute atomic E-state index is 13.2. The summed E-state index contributed by atoms with van der Waals surface area (Å²) < 4.78 is 13.2. The Morgan fingerprint density at radius 2 is 2.11 bits per heavy atom. The van der Waals surface area contributed by atoms with Gasteiger partial charge in [0.1, 0.15) is 5.82 Å². The summed E-state index contributed by atoms with van der Waals surface area (Å²) in [5.74, 6) is -0.441. The van der Waals surface area contributed by atoms with Crippen molar-refractivity contribution in [2.45, 2.75) is 49.8 Å². The summed E-state index contributed by atoms with van der Waals surface area (Å²) in [5.41, 5.74) is 5.72. The molecular formula is C14H21FN2OS. The number of carbonyl (C=O) groups is 1. The lowest BCUT2D eigenvalue weighted by atomic mass is 10.0. The molecule has 106 valence electrons. The number of benzene rings is 1. The van der Waals surface area contributed by atoms with Crippen molar-refractivity contribution in [2.24, 2.45) is 0 Å². The number of anilines is 1. The maximum atomic E-state index is 13.2. The highest BCUT2D eigenvalue weighted by Crippen LogP contribution is 2.26. The first-order valence-electron chi connectivity index (χ1n) is 6.28. The second-order valence-electron chi connectivity index (χ2n) is 5.21. The molecule has 0 bridgehead atoms. The molecule has 0 spiro atoms. The van der Waals surface area contributed by atoms with Gasteiger partial charge in [0.05, 0.1) is 5.25 Å². The number of nitrogens with one attached hydrogen (secondary N) is 1. The van der Waals surface area contributed by atoms with Crippen molar-refractivity contribution < 1.29 is 9.18 Å². The van der Waals surface area contributed by atoms with Gasteiger partial charge in [-0.25, -0.2) is 4.39 Å². The molecular weight excluding hydrogens is 263 g/mol. The van der Waals surface area contributed by atoms with Gasteiger partial charge >= 0.3 is 0 Å². The van der Waals surface area contributed by atoms with Gasteiger partial charge in [-0.05, 0) is 45.4 Å². The molecule has 1 amide bonds. The molecule has 1 rings (SSSR count). The van der Waals surface area contributed by atoms with E-state index >= 15 is 0 Å². The first-order chi connectivity index (χ1) is 8.73. The molecule has 0 saturated heterocycles. The Hall–Kier alpha value is -1.23. The van der Waals surface area contributed by atoms with E-state index in [0.717, 1.165) is 6.42 Å². The number of carbonyl (C=O) groups excluding carboxylic acids is 1. The Kier molecular flexibility index (Phi) is 5.23. The van der Waals surface area contributed by atoms with Crippen LogP contribution in [0.15, 0.2) is 23.1 Å². The molecule has 0 aliphatic heterocycles. The standard InChI is InChI=1S/C14H21FN2OS/c1-5-14(3,4)17-13(18)9(2)19-12-7-10(15)6-11(16)8-12/h6-9H,5,16H2,1-4H3,(H,17,18). The van der Waals surface area contributed by atoms with E-state index in [4.69, 9.17) is 5.73 Å². The summed E-state index contributed by atoms with van der Waals surface area (Å²) in [6.45, 7) is 7.77. The smallest absolute Gasteiger partial charge is 0.233 e. The first kappa shape index (κ1) is 15.8. The van der Waals surface area contributed by atoms with Crippen molar-refractivity contribution in [3.8, 4) is 0 Å². The van der Waals surface area contributed by atoms with E-state index < -0.39 is 0 Å². The molecule has 0 fully saturated rings. The SMILES string of the molecule is CCC(C)(C)NC(=O)C(C)Sc1cc(N)cc(F)c1. The maximum Gasteiger partial charge on any atom is 0.233 e. The zero-order valence-corrected chi connectivity index (χ0v) is 12.6. The fourth-order valence-electron chi connectivity index (χ4n) is 1.43. The highest BCUT2D eigenvalue weighted by molar-refractivity contribution is 8.00. The highest BCUT2D eigenvalue weighted by atomic mass is 32.2. The number of halogens is 1. The van der Waals surface area contributed by atoms with Crippen LogP contribution in [0.4, 0.5) is 10.1 Å². The Bertz CT molecular complexity index is 443. The van der Waals surface area contributed by atoms with Gasteiger partial charge in [-0.2, -0.15) is 0 Å². The van der Waals surface area contributed by atoms with E-state index in [0.29, 0.717) is 10.6 Å². The van der Waals surface area contributed by atoms with Crippen LogP contribution in [-0.2, 0) is 4.79 Å². The monoisotopic (exact) mass is 284 g/mol. The minimum atomic E-state index is -0.385. The molecule has 1 aromatic rings. The number of amides is 1. The second kappa shape index (κ2) is 6.28. The zero-order valence-electron chi connectivity index (χ0n) is 11.8. The number of thioether (sulfide) groups is 1. The van der Waals surface area contributed by atoms with E-state index in [2.05, 4.69) is 5.32 Å². The third kappa shape index (κ3) is 5.11. The van der Waals surface area contributed by atoms with Crippen LogP contribution in [0.25, 0.3) is 0 Å². The van der Waals surface area contributed by atoms with Gasteiger partial charge in [-0.1, -0.05) is 6.92 Å². The van der Waals surface area contributed by atoms with Crippen LogP contribution in [0, 0.1) is 5.82 Å². The molecule has 0 aliphatic rings. The fourth-order valence-corrected chi connectivity index (χ4v) is 2.39. The second-order valence-corrected chi connectivity index (χ2v) is 6.62. The predicted molar refractivity (Wildman–Crippen MR) is 78.6 cm³/mol. The Morgan fingerprint density at radius 3 is 2.63 bits per heavy atom. The van der Waals surface area contributed by atoms with Gasteiger partial charge in [0, 0.05) is 16.1 Å². The van der Waals surface area contributed by atoms with Crippen molar-refractivity contribution in [1.82, 2.24) is 5.32 Å². The molecule has 5 heteroatoms. The van der Waals surface area contributed by atoms with E-state index in [1.165, 1.54) is 23.9 Å². The largest absolute Gasteiger partial charge is 0.399 e. The molecule has 0 radical (unpaired) electrons. The highest BCUT2D eigenvalue weighted by Gasteiger charge is 2.22. The summed E-state index contributed by atoms with van der Waals surface area (Å²) in [6.07, 6.45) is 0.850. The number of rotatable bonds is 5. The summed E-state index contributed by atoms with van der Waals surface area (Å²) in [6, 6.07) is 4.31. The normalized spacial score (nSPS) is 13.1. The Balaban J connectivity index is 2.68. The van der Waals surface area contributed by atoms with Crippen molar-refractivity contribution >= 4 is 23.4 Å². The molecule has 0 saturated carbocycles. The zero-order chi connectivity index (χ0) is 14.6. The molecule has 1 unspecified atom stereocenters. The van der Waals surface area contributed by atoms with Crippen LogP contribution >= 0.6 is 11.8 Å². The molecule has 0 heterocycles. The minimum Gasteiger partial charge on any atom is -0.399 e. The molecule has 0 aliphatic carbocycles. The first-order valence-corrected chi connectivity index (χ1v) is 7.16. The van der Waals surface area contributed by atoms with Crippen LogP contribution in [0.3, 0.4) is 0 Å². The summed E-state index contributed by atoms with van der Waals surface area (Å²) in [5, 5.41) is 2.67. The fraction of sp³-hybridized carbons (Fsp3) is 0.500. The minimum absolute atomic E-state index is 0.0558. The lowest BCUT2D eigenvalue weighted by Gasteiger charge is -2.26. The molecule has 3 N–H and O–H groups in total. The lowest BCUT2D eigenvalue weighted by molar-refractivity contribution is -0.121. The summed E-state index contributed by atoms with van der Waals surface area (Å²) >= 11 is 1.30. The summed E-state index contributed by atoms with van der Waals surface area (Å²) in [4.78, 5) is 12.7. The quantitative estimate of drug-likeness (QED) is 0.645. The number of nitrogen functional groups attached to an aromatic ring is 1. The van der Waals surface area contributed by atoms with Crippen molar-refractivity contribution in [2.75, 3.05) is 5.73 Å². The predicted octanol–water partition coefficient (Wildman–Crippen LogP) is 3.19. The number of hydrogen-bond acceptors (Lipinski definition) is 3. The van der Waals surface area contributed by atoms with E-state index in [9.17, 15) is 9.18 Å². The Labute approximate surface area is 118 Å². The average molecular weight is 284 g/mol. The summed E-state index contributed by atoms with van der Waals surface area (Å²) in [7, 11) is 0. The number of nitrogens with two attached hydrogens (primary N) is 1. The molecule has 19 heavy (non-hydrogen) atoms. The molecule has 3 nitrogen and oxygen atoms in total. The van der Waals surface area contributed by atoms with Crippen LogP contribution in [0.1, 0.15) is 34.1 Å². The third-order valence-electron chi connectivity index (χ3n) is 2.92. The molecule has 1 aromatic carbocycles. The molecule has 1 atom stereocenters. The third-order valence-corrected chi connectivity index (χ3v) is 4.00. The van der Waals surface area contributed by atoms with E-state index in [1.807, 2.05) is 20.8 Å². The van der Waals surface area contributed by atoms with Crippen LogP contribution in [-0.4, -0.2) is 16.7 Å². The van der Waals surface area contributed by atoms with Crippen LogP contribution < -0.4 is 11.1 Å². The van der Waals surface area contributed by atoms with Crippen molar-refractivity contribution in [1.29, 1.82) is 0 Å². The van der Waals surface area contributed by atoms with Crippen molar-refractivity contribution in [3.63, 3.8) is 0 Å². The topological polar surface area (TPSA) is 55.1 Å². The van der Waals surface area contributed by atoms with Crippen LogP contribution in [0.2, 0.25) is 0 Å². The molecule has 0 aromatic heterocycles. The van der Waals surface area contributed by atoms with Gasteiger partial charge in [0.25, 0.3) is 0 Å². The number of hydrogen-bond donors (Lipinski definition) is 2. The average Bonchev–Trinajstić information content (AvgIpc) is 2.26. The lowest BCUT2D eigenvalue weighted by Crippen LogP contribution is -2.46. The van der Waals surface area contributed by atoms with E-state index in [-0.39, 0.29) is 22.5 Å². The van der Waals surface area contributed by atoms with Gasteiger partial charge in [0.2, 0.25) is 5.91 Å². The van der Waals surface area contributed by atoms with Gasteiger partial charge in [0.15, 0.2) is 0 Å². The van der Waals surface area contributed by atoms with Crippen LogP contribution in [0.5, 0.6) is 0 Å². The van der Waals surface area contributed by atoms with E-state index in [1.54, 1.807) is 13.0 Å². The Morgan fingerprint density at radius 1 is 1.47 bits per heavy atom. The van der Waals surface area contributed by atoms with Crippen molar-refractivity contribution in [3.05, 3.63) is 24.0 Å². The van der Waals surface area contributed by atoms with Gasteiger partial charge < -0.3 is 11.1 Å². The van der Waals surface area contributed by atoms with Gasteiger partial charge in [-0.15, -0.1) is 11.8 Å². The van der Waals surface area contributed by atoms with Gasteiger partial charge in [-0.3, -0.25) is 4.79 Å².